The van der Waals surface area contributed by atoms with Crippen LogP contribution in [-0.2, 0) is 21.9 Å². The Labute approximate surface area is 132 Å². The van der Waals surface area contributed by atoms with Crippen molar-refractivity contribution in [2.75, 3.05) is 35.2 Å². The van der Waals surface area contributed by atoms with E-state index in [0.29, 0.717) is 5.82 Å². The maximum atomic E-state index is 12.9. The highest BCUT2D eigenvalue weighted by Crippen LogP contribution is 2.36. The van der Waals surface area contributed by atoms with Crippen LogP contribution in [0.5, 0.6) is 0 Å². The summed E-state index contributed by atoms with van der Waals surface area (Å²) in [5.74, 6) is 0.0962. The lowest BCUT2D eigenvalue weighted by Gasteiger charge is -2.30. The molecule has 10 nitrogen and oxygen atoms in total. The average Bonchev–Trinajstić information content (AvgIpc) is 2.92. The molecule has 1 aliphatic heterocycles. The predicted molar refractivity (Wildman–Crippen MR) is 82.7 cm³/mol. The summed E-state index contributed by atoms with van der Waals surface area (Å²) in [5.41, 5.74) is 0.263. The molecule has 122 valence electrons. The summed E-state index contributed by atoms with van der Waals surface area (Å²) in [6, 6.07) is 1.37. The van der Waals surface area contributed by atoms with E-state index in [1.165, 1.54) is 30.3 Å². The van der Waals surface area contributed by atoms with E-state index in [2.05, 4.69) is 20.4 Å². The van der Waals surface area contributed by atoms with E-state index in [9.17, 15) is 13.2 Å². The van der Waals surface area contributed by atoms with Crippen LogP contribution < -0.4 is 14.5 Å². The Balaban J connectivity index is 2.19. The summed E-state index contributed by atoms with van der Waals surface area (Å²) in [6.45, 7) is -0.357. The van der Waals surface area contributed by atoms with Gasteiger partial charge in [-0.15, -0.1) is 0 Å². The Bertz CT molecular complexity index is 875. The van der Waals surface area contributed by atoms with Crippen LogP contribution in [-0.4, -0.2) is 54.7 Å². The number of sulfonamides is 1. The first-order valence-corrected chi connectivity index (χ1v) is 8.09. The van der Waals surface area contributed by atoms with Crippen molar-refractivity contribution < 1.29 is 13.2 Å². The third-order valence-corrected chi connectivity index (χ3v) is 5.16. The van der Waals surface area contributed by atoms with Crippen LogP contribution in [0.4, 0.5) is 17.3 Å². The van der Waals surface area contributed by atoms with Crippen molar-refractivity contribution in [3.05, 3.63) is 18.6 Å². The molecule has 0 atom stereocenters. The van der Waals surface area contributed by atoms with Crippen molar-refractivity contribution in [2.45, 2.75) is 5.03 Å². The third-order valence-electron chi connectivity index (χ3n) is 3.35. The molecule has 1 N–H and O–H groups in total. The van der Waals surface area contributed by atoms with Crippen molar-refractivity contribution in [3.8, 4) is 0 Å². The molecule has 0 saturated carbocycles. The minimum atomic E-state index is -3.97. The van der Waals surface area contributed by atoms with E-state index in [-0.39, 0.29) is 23.1 Å². The minimum Gasteiger partial charge on any atom is -0.361 e. The van der Waals surface area contributed by atoms with E-state index >= 15 is 0 Å². The molecule has 0 aliphatic carbocycles. The molecule has 1 aliphatic rings. The van der Waals surface area contributed by atoms with Gasteiger partial charge in [0.2, 0.25) is 5.91 Å². The summed E-state index contributed by atoms with van der Waals surface area (Å²) in [5, 5.41) is 6.48. The fraction of sp³-hybridized carbons (Fsp3) is 0.333. The quantitative estimate of drug-likeness (QED) is 0.797. The second kappa shape index (κ2) is 5.19. The number of anilines is 3. The van der Waals surface area contributed by atoms with Crippen LogP contribution >= 0.6 is 0 Å². The molecule has 2 aromatic rings. The summed E-state index contributed by atoms with van der Waals surface area (Å²) in [6.07, 6.45) is 2.64. The van der Waals surface area contributed by atoms with Gasteiger partial charge in [0, 0.05) is 21.1 Å². The molecule has 0 unspecified atom stereocenters. The molecule has 11 heteroatoms. The lowest BCUT2D eigenvalue weighted by molar-refractivity contribution is -0.115. The lowest BCUT2D eigenvalue weighted by Crippen LogP contribution is -2.43. The van der Waals surface area contributed by atoms with Crippen LogP contribution in [0.3, 0.4) is 0 Å². The summed E-state index contributed by atoms with van der Waals surface area (Å²) in [7, 11) is 1.02. The van der Waals surface area contributed by atoms with Crippen molar-refractivity contribution in [1.82, 2.24) is 19.7 Å². The number of aryl methyl sites for hydroxylation is 1. The number of fused-ring (bicyclic) bond motifs is 1. The van der Waals surface area contributed by atoms with Crippen LogP contribution in [0.1, 0.15) is 0 Å². The predicted octanol–water partition coefficient (Wildman–Crippen LogP) is -0.576. The normalized spacial score (nSPS) is 14.4. The van der Waals surface area contributed by atoms with E-state index in [0.717, 1.165) is 4.31 Å². The van der Waals surface area contributed by atoms with E-state index in [4.69, 9.17) is 0 Å². The SMILES string of the molecule is CN(C)c1ncnc2c1NC(=O)CN2S(=O)(=O)c1ccnn1C. The lowest BCUT2D eigenvalue weighted by atomic mass is 10.3. The summed E-state index contributed by atoms with van der Waals surface area (Å²) in [4.78, 5) is 21.8. The van der Waals surface area contributed by atoms with Crippen LogP contribution in [0, 0.1) is 0 Å². The molecule has 3 rings (SSSR count). The van der Waals surface area contributed by atoms with Gasteiger partial charge in [-0.3, -0.25) is 9.48 Å². The highest BCUT2D eigenvalue weighted by molar-refractivity contribution is 7.92. The second-order valence-corrected chi connectivity index (χ2v) is 6.95. The topological polar surface area (TPSA) is 113 Å². The van der Waals surface area contributed by atoms with Gasteiger partial charge in [-0.25, -0.2) is 14.3 Å². The van der Waals surface area contributed by atoms with E-state index < -0.39 is 15.9 Å². The second-order valence-electron chi connectivity index (χ2n) is 5.14. The van der Waals surface area contributed by atoms with Crippen molar-refractivity contribution in [1.29, 1.82) is 0 Å². The average molecular weight is 337 g/mol. The molecule has 0 fully saturated rings. The number of carbonyl (C=O) groups is 1. The molecular formula is C12H15N7O3S. The molecular weight excluding hydrogens is 322 g/mol. The summed E-state index contributed by atoms with van der Waals surface area (Å²) < 4.78 is 27.9. The first kappa shape index (κ1) is 15.2. The molecule has 0 radical (unpaired) electrons. The maximum absolute atomic E-state index is 12.9. The van der Waals surface area contributed by atoms with Gasteiger partial charge in [0.05, 0.1) is 6.20 Å². The van der Waals surface area contributed by atoms with Gasteiger partial charge in [-0.05, 0) is 6.07 Å². The van der Waals surface area contributed by atoms with Crippen LogP contribution in [0.2, 0.25) is 0 Å². The van der Waals surface area contributed by atoms with Gasteiger partial charge in [0.25, 0.3) is 10.0 Å². The first-order chi connectivity index (χ1) is 10.8. The molecule has 2 aromatic heterocycles. The number of rotatable bonds is 3. The number of carbonyl (C=O) groups excluding carboxylic acids is 1. The number of hydrogen-bond donors (Lipinski definition) is 1. The van der Waals surface area contributed by atoms with E-state index in [1.54, 1.807) is 19.0 Å². The Morgan fingerprint density at radius 2 is 2.04 bits per heavy atom. The number of aromatic nitrogens is 4. The van der Waals surface area contributed by atoms with Crippen molar-refractivity contribution in [2.24, 2.45) is 7.05 Å². The summed E-state index contributed by atoms with van der Waals surface area (Å²) >= 11 is 0. The Hall–Kier alpha value is -2.69. The Morgan fingerprint density at radius 3 is 2.65 bits per heavy atom. The molecule has 0 spiro atoms. The third kappa shape index (κ3) is 2.38. The largest absolute Gasteiger partial charge is 0.361 e. The minimum absolute atomic E-state index is 0.0248. The fourth-order valence-electron chi connectivity index (χ4n) is 2.32. The smallest absolute Gasteiger partial charge is 0.283 e. The van der Waals surface area contributed by atoms with Gasteiger partial charge in [-0.1, -0.05) is 0 Å². The molecule has 0 saturated heterocycles. The Morgan fingerprint density at radius 1 is 1.30 bits per heavy atom. The molecule has 3 heterocycles. The molecule has 1 amide bonds. The standard InChI is InChI=1S/C12H15N7O3S/c1-17(2)11-10-12(14-7-13-11)19(6-8(20)16-10)23(21,22)9-4-5-15-18(9)3/h4-5,7H,6H2,1-3H3,(H,16,20). The van der Waals surface area contributed by atoms with Crippen molar-refractivity contribution >= 4 is 33.3 Å². The zero-order chi connectivity index (χ0) is 16.8. The molecule has 23 heavy (non-hydrogen) atoms. The zero-order valence-electron chi connectivity index (χ0n) is 12.8. The maximum Gasteiger partial charge on any atom is 0.283 e. The zero-order valence-corrected chi connectivity index (χ0v) is 13.6. The number of amides is 1. The van der Waals surface area contributed by atoms with Gasteiger partial charge in [-0.2, -0.15) is 13.5 Å². The number of hydrogen-bond acceptors (Lipinski definition) is 7. The highest BCUT2D eigenvalue weighted by atomic mass is 32.2. The van der Waals surface area contributed by atoms with Crippen LogP contribution in [0.15, 0.2) is 23.6 Å². The highest BCUT2D eigenvalue weighted by Gasteiger charge is 2.36. The monoisotopic (exact) mass is 337 g/mol. The van der Waals surface area contributed by atoms with Gasteiger partial charge in [0.1, 0.15) is 18.6 Å². The van der Waals surface area contributed by atoms with Gasteiger partial charge >= 0.3 is 0 Å². The van der Waals surface area contributed by atoms with Gasteiger partial charge < -0.3 is 10.2 Å². The fourth-order valence-corrected chi connectivity index (χ4v) is 3.81. The van der Waals surface area contributed by atoms with Crippen LogP contribution in [0.25, 0.3) is 0 Å². The molecule has 0 bridgehead atoms. The number of nitrogens with one attached hydrogen (secondary N) is 1. The van der Waals surface area contributed by atoms with E-state index in [1.807, 2.05) is 0 Å². The van der Waals surface area contributed by atoms with Gasteiger partial charge in [0.15, 0.2) is 16.7 Å². The Kier molecular flexibility index (Phi) is 3.43. The number of nitrogens with zero attached hydrogens (tertiary/aromatic N) is 6. The van der Waals surface area contributed by atoms with Crippen molar-refractivity contribution in [3.63, 3.8) is 0 Å². The molecule has 0 aromatic carbocycles. The first-order valence-electron chi connectivity index (χ1n) is 6.65.